The Morgan fingerprint density at radius 2 is 2.04 bits per heavy atom. The maximum Gasteiger partial charge on any atom is 0.307 e. The molecule has 1 aliphatic rings. The van der Waals surface area contributed by atoms with Crippen LogP contribution in [0.5, 0.6) is 0 Å². The Morgan fingerprint density at radius 3 is 2.65 bits per heavy atom. The summed E-state index contributed by atoms with van der Waals surface area (Å²) in [6.07, 6.45) is 4.41. The normalized spacial score (nSPS) is 18.1. The molecule has 2 rings (SSSR count). The predicted molar refractivity (Wildman–Crippen MR) is 87.0 cm³/mol. The zero-order valence-electron chi connectivity index (χ0n) is 14.6. The number of likely N-dealkylation sites (tertiary alicyclic amines) is 1. The number of amides is 1. The summed E-state index contributed by atoms with van der Waals surface area (Å²) in [7, 11) is 3.32. The van der Waals surface area contributed by atoms with Crippen LogP contribution in [0.25, 0.3) is 0 Å². The molecule has 0 unspecified atom stereocenters. The molecule has 0 saturated carbocycles. The third-order valence-corrected chi connectivity index (χ3v) is 4.83. The minimum atomic E-state index is -0.242. The van der Waals surface area contributed by atoms with E-state index in [9.17, 15) is 9.59 Å². The third kappa shape index (κ3) is 4.12. The van der Waals surface area contributed by atoms with Gasteiger partial charge in [0.05, 0.1) is 19.2 Å². The first-order valence-corrected chi connectivity index (χ1v) is 8.29. The van der Waals surface area contributed by atoms with Gasteiger partial charge in [0.15, 0.2) is 0 Å². The molecule has 1 amide bonds. The third-order valence-electron chi connectivity index (χ3n) is 4.83. The molecule has 1 saturated heterocycles. The lowest BCUT2D eigenvalue weighted by atomic mass is 9.98. The monoisotopic (exact) mass is 321 g/mol. The number of piperidine rings is 1. The molecule has 1 aromatic heterocycles. The maximum atomic E-state index is 12.6. The molecule has 6 heteroatoms. The highest BCUT2D eigenvalue weighted by Gasteiger charge is 2.28. The Bertz CT molecular complexity index is 580. The summed E-state index contributed by atoms with van der Waals surface area (Å²) in [5.74, 6) is -0.116. The molecule has 0 spiro atoms. The number of esters is 1. The van der Waals surface area contributed by atoms with Gasteiger partial charge in [0.1, 0.15) is 0 Å². The molecule has 1 atom stereocenters. The quantitative estimate of drug-likeness (QED) is 0.777. The minimum Gasteiger partial charge on any atom is -0.469 e. The Kier molecular flexibility index (Phi) is 5.80. The molecule has 0 N–H and O–H groups in total. The second-order valence-corrected chi connectivity index (χ2v) is 6.29. The van der Waals surface area contributed by atoms with E-state index < -0.39 is 0 Å². The van der Waals surface area contributed by atoms with Gasteiger partial charge in [-0.05, 0) is 45.1 Å². The minimum absolute atomic E-state index is 0.0141. The molecular formula is C17H27N3O3. The number of methoxy groups -OCH3 is 1. The van der Waals surface area contributed by atoms with Gasteiger partial charge in [0, 0.05) is 31.7 Å². The standard InChI is InChI=1S/C17H27N3O3/c1-12-15(13(2)19(3)18-12)8-9-16(21)20-10-6-5-7-14(20)11-17(22)23-4/h14H,5-11H2,1-4H3/t14-/m1/s1. The van der Waals surface area contributed by atoms with Crippen molar-refractivity contribution < 1.29 is 14.3 Å². The summed E-state index contributed by atoms with van der Waals surface area (Å²) in [6.45, 7) is 4.75. The van der Waals surface area contributed by atoms with Crippen molar-refractivity contribution in [2.24, 2.45) is 7.05 Å². The second-order valence-electron chi connectivity index (χ2n) is 6.29. The average Bonchev–Trinajstić information content (AvgIpc) is 2.78. The summed E-state index contributed by atoms with van der Waals surface area (Å²) < 4.78 is 6.61. The van der Waals surface area contributed by atoms with E-state index in [-0.39, 0.29) is 17.9 Å². The van der Waals surface area contributed by atoms with Crippen LogP contribution in [0, 0.1) is 13.8 Å². The van der Waals surface area contributed by atoms with E-state index in [1.807, 2.05) is 30.5 Å². The highest BCUT2D eigenvalue weighted by Crippen LogP contribution is 2.22. The lowest BCUT2D eigenvalue weighted by Gasteiger charge is -2.35. The van der Waals surface area contributed by atoms with E-state index in [1.54, 1.807) is 0 Å². The van der Waals surface area contributed by atoms with Crippen molar-refractivity contribution in [2.45, 2.75) is 58.4 Å². The van der Waals surface area contributed by atoms with Crippen molar-refractivity contribution in [3.63, 3.8) is 0 Å². The van der Waals surface area contributed by atoms with Gasteiger partial charge in [-0.3, -0.25) is 14.3 Å². The van der Waals surface area contributed by atoms with Crippen LogP contribution < -0.4 is 0 Å². The number of rotatable bonds is 5. The van der Waals surface area contributed by atoms with Gasteiger partial charge in [0.25, 0.3) is 0 Å². The van der Waals surface area contributed by atoms with Crippen LogP contribution >= 0.6 is 0 Å². The smallest absolute Gasteiger partial charge is 0.307 e. The van der Waals surface area contributed by atoms with Crippen LogP contribution in [0.1, 0.15) is 49.1 Å². The van der Waals surface area contributed by atoms with Gasteiger partial charge in [-0.2, -0.15) is 5.10 Å². The number of aromatic nitrogens is 2. The molecule has 0 radical (unpaired) electrons. The summed E-state index contributed by atoms with van der Waals surface area (Å²) in [5, 5.41) is 4.40. The van der Waals surface area contributed by atoms with Crippen molar-refractivity contribution in [1.29, 1.82) is 0 Å². The average molecular weight is 321 g/mol. The van der Waals surface area contributed by atoms with Crippen molar-refractivity contribution in [2.75, 3.05) is 13.7 Å². The Balaban J connectivity index is 1.98. The van der Waals surface area contributed by atoms with Crippen LogP contribution in [0.4, 0.5) is 0 Å². The SMILES string of the molecule is COC(=O)C[C@H]1CCCCN1C(=O)CCc1c(C)nn(C)c1C. The van der Waals surface area contributed by atoms with E-state index in [2.05, 4.69) is 5.10 Å². The van der Waals surface area contributed by atoms with Crippen LogP contribution in [-0.4, -0.2) is 46.3 Å². The number of carbonyl (C=O) groups excluding carboxylic acids is 2. The van der Waals surface area contributed by atoms with Crippen molar-refractivity contribution in [1.82, 2.24) is 14.7 Å². The van der Waals surface area contributed by atoms with Gasteiger partial charge in [-0.25, -0.2) is 0 Å². The molecular weight excluding hydrogens is 294 g/mol. The molecule has 2 heterocycles. The lowest BCUT2D eigenvalue weighted by Crippen LogP contribution is -2.45. The first kappa shape index (κ1) is 17.5. The number of hydrogen-bond acceptors (Lipinski definition) is 4. The zero-order valence-corrected chi connectivity index (χ0v) is 14.6. The van der Waals surface area contributed by atoms with Gasteiger partial charge < -0.3 is 9.64 Å². The van der Waals surface area contributed by atoms with Crippen molar-refractivity contribution in [3.8, 4) is 0 Å². The number of carbonyl (C=O) groups is 2. The first-order valence-electron chi connectivity index (χ1n) is 8.29. The predicted octanol–water partition coefficient (Wildman–Crippen LogP) is 1.91. The lowest BCUT2D eigenvalue weighted by molar-refractivity contribution is -0.144. The van der Waals surface area contributed by atoms with Crippen molar-refractivity contribution >= 4 is 11.9 Å². The van der Waals surface area contributed by atoms with Gasteiger partial charge >= 0.3 is 5.97 Å². The fourth-order valence-corrected chi connectivity index (χ4v) is 3.37. The van der Waals surface area contributed by atoms with Crippen LogP contribution in [-0.2, 0) is 27.8 Å². The summed E-state index contributed by atoms with van der Waals surface area (Å²) in [4.78, 5) is 26.1. The highest BCUT2D eigenvalue weighted by molar-refractivity contribution is 5.78. The van der Waals surface area contributed by atoms with Crippen molar-refractivity contribution in [3.05, 3.63) is 17.0 Å². The van der Waals surface area contributed by atoms with E-state index in [4.69, 9.17) is 4.74 Å². The summed E-state index contributed by atoms with van der Waals surface area (Å²) >= 11 is 0. The number of nitrogens with zero attached hydrogens (tertiary/aromatic N) is 3. The van der Waals surface area contributed by atoms with E-state index in [0.29, 0.717) is 19.3 Å². The highest BCUT2D eigenvalue weighted by atomic mass is 16.5. The molecule has 0 bridgehead atoms. The van der Waals surface area contributed by atoms with Gasteiger partial charge in [0.2, 0.25) is 5.91 Å². The van der Waals surface area contributed by atoms with Crippen LogP contribution in [0.15, 0.2) is 0 Å². The summed E-state index contributed by atoms with van der Waals surface area (Å²) in [5.41, 5.74) is 3.25. The first-order chi connectivity index (χ1) is 10.9. The number of ether oxygens (including phenoxy) is 1. The van der Waals surface area contributed by atoms with E-state index >= 15 is 0 Å². The summed E-state index contributed by atoms with van der Waals surface area (Å²) in [6, 6.07) is -0.0141. The van der Waals surface area contributed by atoms with Gasteiger partial charge in [-0.15, -0.1) is 0 Å². The molecule has 1 aromatic rings. The Morgan fingerprint density at radius 1 is 1.30 bits per heavy atom. The molecule has 6 nitrogen and oxygen atoms in total. The number of aryl methyl sites for hydroxylation is 2. The molecule has 23 heavy (non-hydrogen) atoms. The van der Waals surface area contributed by atoms with E-state index in [0.717, 1.165) is 42.8 Å². The fraction of sp³-hybridized carbons (Fsp3) is 0.706. The number of hydrogen-bond donors (Lipinski definition) is 0. The molecule has 0 aliphatic carbocycles. The largest absolute Gasteiger partial charge is 0.469 e. The van der Waals surface area contributed by atoms with Crippen LogP contribution in [0.3, 0.4) is 0 Å². The second kappa shape index (κ2) is 7.62. The molecule has 0 aromatic carbocycles. The molecule has 128 valence electrons. The van der Waals surface area contributed by atoms with Crippen LogP contribution in [0.2, 0.25) is 0 Å². The topological polar surface area (TPSA) is 64.4 Å². The molecule has 1 fully saturated rings. The zero-order chi connectivity index (χ0) is 17.0. The Labute approximate surface area is 137 Å². The Hall–Kier alpha value is -1.85. The van der Waals surface area contributed by atoms with Gasteiger partial charge in [-0.1, -0.05) is 0 Å². The molecule has 1 aliphatic heterocycles. The maximum absolute atomic E-state index is 12.6. The fourth-order valence-electron chi connectivity index (χ4n) is 3.37. The van der Waals surface area contributed by atoms with E-state index in [1.165, 1.54) is 7.11 Å².